The molecule has 170 valence electrons. The van der Waals surface area contributed by atoms with Crippen LogP contribution in [0.5, 0.6) is 5.75 Å². The highest BCUT2D eigenvalue weighted by Crippen LogP contribution is 2.32. The van der Waals surface area contributed by atoms with Crippen LogP contribution in [0, 0.1) is 0 Å². The number of aromatic nitrogens is 4. The smallest absolute Gasteiger partial charge is 0.228 e. The third kappa shape index (κ3) is 4.15. The molecule has 9 heteroatoms. The summed E-state index contributed by atoms with van der Waals surface area (Å²) in [5.41, 5.74) is 3.39. The van der Waals surface area contributed by atoms with Gasteiger partial charge in [0.1, 0.15) is 23.2 Å². The summed E-state index contributed by atoms with van der Waals surface area (Å²) in [5, 5.41) is 9.24. The minimum Gasteiger partial charge on any atom is -0.497 e. The highest BCUT2D eigenvalue weighted by molar-refractivity contribution is 5.88. The van der Waals surface area contributed by atoms with E-state index < -0.39 is 0 Å². The fraction of sp³-hybridized carbons (Fsp3) is 0.522. The Morgan fingerprint density at radius 3 is 2.59 bits per heavy atom. The Morgan fingerprint density at radius 2 is 1.91 bits per heavy atom. The van der Waals surface area contributed by atoms with Crippen LogP contribution in [0.3, 0.4) is 0 Å². The Kier molecular flexibility index (Phi) is 6.20. The molecule has 4 heterocycles. The number of benzene rings is 1. The molecular weight excluding hydrogens is 408 g/mol. The van der Waals surface area contributed by atoms with Crippen LogP contribution in [-0.2, 0) is 4.74 Å². The zero-order valence-corrected chi connectivity index (χ0v) is 18.5. The molecular formula is C23H30N6O3. The number of β-amino-alcohol motifs (C(OH)–C–C–N with tert-alkyl or cyclic N) is 1. The lowest BCUT2D eigenvalue weighted by atomic mass is 10.1. The van der Waals surface area contributed by atoms with Gasteiger partial charge in [0, 0.05) is 44.9 Å². The van der Waals surface area contributed by atoms with Crippen molar-refractivity contribution < 1.29 is 14.6 Å². The number of fused-ring (bicyclic) bond motifs is 1. The van der Waals surface area contributed by atoms with Crippen LogP contribution in [0.15, 0.2) is 30.6 Å². The average Bonchev–Trinajstić information content (AvgIpc) is 3.29. The Balaban J connectivity index is 1.55. The number of rotatable bonds is 6. The van der Waals surface area contributed by atoms with Crippen LogP contribution in [0.2, 0.25) is 0 Å². The minimum absolute atomic E-state index is 0.0402. The van der Waals surface area contributed by atoms with E-state index in [1.165, 1.54) is 0 Å². The normalized spacial score (nSPS) is 20.1. The third-order valence-corrected chi connectivity index (χ3v) is 6.31. The molecule has 0 saturated carbocycles. The number of aliphatic hydroxyl groups is 1. The lowest BCUT2D eigenvalue weighted by molar-refractivity contribution is -0.0298. The maximum Gasteiger partial charge on any atom is 0.228 e. The van der Waals surface area contributed by atoms with Crippen molar-refractivity contribution in [3.05, 3.63) is 30.6 Å². The standard InChI is InChI=1S/C23H30N6O3/c1-31-18-7-5-17(6-8-18)20-21-22(29(16-24-21)19-4-2-3-15-32-19)26-23(25-20)28-11-9-27(10-12-28)13-14-30/h5-8,16,19,30H,2-4,9-15H2,1H3. The molecule has 0 spiro atoms. The fourth-order valence-corrected chi connectivity index (χ4v) is 4.46. The maximum absolute atomic E-state index is 9.24. The first-order valence-corrected chi connectivity index (χ1v) is 11.4. The van der Waals surface area contributed by atoms with Crippen LogP contribution in [0.4, 0.5) is 5.95 Å². The summed E-state index contributed by atoms with van der Waals surface area (Å²) in [6.45, 7) is 5.06. The van der Waals surface area contributed by atoms with Gasteiger partial charge in [-0.3, -0.25) is 9.47 Å². The second kappa shape index (κ2) is 9.40. The topological polar surface area (TPSA) is 88.8 Å². The fourth-order valence-electron chi connectivity index (χ4n) is 4.46. The van der Waals surface area contributed by atoms with Gasteiger partial charge in [-0.05, 0) is 43.5 Å². The first-order valence-electron chi connectivity index (χ1n) is 11.4. The molecule has 0 amide bonds. The third-order valence-electron chi connectivity index (χ3n) is 6.31. The predicted molar refractivity (Wildman–Crippen MR) is 122 cm³/mol. The highest BCUT2D eigenvalue weighted by Gasteiger charge is 2.25. The summed E-state index contributed by atoms with van der Waals surface area (Å²) >= 11 is 0. The van der Waals surface area contributed by atoms with E-state index in [9.17, 15) is 5.11 Å². The highest BCUT2D eigenvalue weighted by atomic mass is 16.5. The second-order valence-electron chi connectivity index (χ2n) is 8.30. The lowest BCUT2D eigenvalue weighted by Gasteiger charge is -2.34. The van der Waals surface area contributed by atoms with Gasteiger partial charge in [0.2, 0.25) is 5.95 Å². The second-order valence-corrected chi connectivity index (χ2v) is 8.30. The molecule has 2 fully saturated rings. The molecule has 1 atom stereocenters. The molecule has 2 aliphatic heterocycles. The molecule has 0 bridgehead atoms. The molecule has 2 aromatic heterocycles. The number of hydrogen-bond donors (Lipinski definition) is 1. The molecule has 5 rings (SSSR count). The van der Waals surface area contributed by atoms with Gasteiger partial charge in [0.15, 0.2) is 5.65 Å². The van der Waals surface area contributed by atoms with E-state index in [1.807, 2.05) is 30.6 Å². The quantitative estimate of drug-likeness (QED) is 0.627. The van der Waals surface area contributed by atoms with Crippen molar-refractivity contribution in [2.24, 2.45) is 0 Å². The minimum atomic E-state index is -0.0402. The van der Waals surface area contributed by atoms with Gasteiger partial charge < -0.3 is 19.5 Å². The van der Waals surface area contributed by atoms with Crippen molar-refractivity contribution in [3.63, 3.8) is 0 Å². The van der Waals surface area contributed by atoms with E-state index in [2.05, 4.69) is 14.4 Å². The number of nitrogens with zero attached hydrogens (tertiary/aromatic N) is 6. The number of methoxy groups -OCH3 is 1. The number of aliphatic hydroxyl groups excluding tert-OH is 1. The van der Waals surface area contributed by atoms with Crippen LogP contribution >= 0.6 is 0 Å². The summed E-state index contributed by atoms with van der Waals surface area (Å²) in [7, 11) is 1.66. The summed E-state index contributed by atoms with van der Waals surface area (Å²) in [6, 6.07) is 7.91. The molecule has 0 radical (unpaired) electrons. The van der Waals surface area contributed by atoms with Crippen molar-refractivity contribution in [3.8, 4) is 17.0 Å². The van der Waals surface area contributed by atoms with Crippen LogP contribution < -0.4 is 9.64 Å². The summed E-state index contributed by atoms with van der Waals surface area (Å²) in [5.74, 6) is 1.52. The van der Waals surface area contributed by atoms with E-state index in [-0.39, 0.29) is 12.8 Å². The van der Waals surface area contributed by atoms with Gasteiger partial charge in [-0.15, -0.1) is 0 Å². The number of piperazine rings is 1. The molecule has 0 aliphatic carbocycles. The van der Waals surface area contributed by atoms with E-state index >= 15 is 0 Å². The van der Waals surface area contributed by atoms with Gasteiger partial charge in [0.25, 0.3) is 0 Å². The molecule has 1 aromatic carbocycles. The predicted octanol–water partition coefficient (Wildman–Crippen LogP) is 2.32. The van der Waals surface area contributed by atoms with E-state index in [1.54, 1.807) is 7.11 Å². The number of imidazole rings is 1. The van der Waals surface area contributed by atoms with Gasteiger partial charge in [0.05, 0.1) is 20.0 Å². The molecule has 9 nitrogen and oxygen atoms in total. The Bertz CT molecular complexity index is 1040. The van der Waals surface area contributed by atoms with Crippen LogP contribution in [0.1, 0.15) is 25.5 Å². The number of ether oxygens (including phenoxy) is 2. The first kappa shape index (κ1) is 21.1. The number of hydrogen-bond acceptors (Lipinski definition) is 8. The molecule has 2 saturated heterocycles. The van der Waals surface area contributed by atoms with Gasteiger partial charge in [-0.25, -0.2) is 9.97 Å². The zero-order chi connectivity index (χ0) is 21.9. The van der Waals surface area contributed by atoms with Crippen molar-refractivity contribution in [2.45, 2.75) is 25.5 Å². The summed E-state index contributed by atoms with van der Waals surface area (Å²) < 4.78 is 13.4. The first-order chi connectivity index (χ1) is 15.8. The van der Waals surface area contributed by atoms with E-state index in [0.29, 0.717) is 12.5 Å². The zero-order valence-electron chi connectivity index (χ0n) is 18.5. The molecule has 2 aliphatic rings. The van der Waals surface area contributed by atoms with E-state index in [0.717, 1.165) is 80.2 Å². The van der Waals surface area contributed by atoms with Crippen molar-refractivity contribution in [1.29, 1.82) is 0 Å². The van der Waals surface area contributed by atoms with Crippen molar-refractivity contribution in [2.75, 3.05) is 57.9 Å². The summed E-state index contributed by atoms with van der Waals surface area (Å²) in [6.07, 6.45) is 4.99. The van der Waals surface area contributed by atoms with Crippen LogP contribution in [0.25, 0.3) is 22.4 Å². The lowest BCUT2D eigenvalue weighted by Crippen LogP contribution is -2.47. The Morgan fingerprint density at radius 1 is 1.09 bits per heavy atom. The van der Waals surface area contributed by atoms with Crippen molar-refractivity contribution in [1.82, 2.24) is 24.4 Å². The van der Waals surface area contributed by atoms with Crippen LogP contribution in [-0.4, -0.2) is 82.6 Å². The van der Waals surface area contributed by atoms with E-state index in [4.69, 9.17) is 24.4 Å². The van der Waals surface area contributed by atoms with Gasteiger partial charge in [-0.2, -0.15) is 4.98 Å². The molecule has 1 N–H and O–H groups in total. The monoisotopic (exact) mass is 438 g/mol. The molecule has 1 unspecified atom stereocenters. The molecule has 32 heavy (non-hydrogen) atoms. The number of anilines is 1. The molecule has 3 aromatic rings. The Labute approximate surface area is 187 Å². The van der Waals surface area contributed by atoms with Gasteiger partial charge >= 0.3 is 0 Å². The van der Waals surface area contributed by atoms with Gasteiger partial charge in [-0.1, -0.05) is 0 Å². The maximum atomic E-state index is 9.24. The largest absolute Gasteiger partial charge is 0.497 e. The Hall–Kier alpha value is -2.75. The SMILES string of the molecule is COc1ccc(-c2nc(N3CCN(CCO)CC3)nc3c2ncn3C2CCCCO2)cc1. The van der Waals surface area contributed by atoms with Crippen molar-refractivity contribution >= 4 is 17.1 Å². The average molecular weight is 439 g/mol. The summed E-state index contributed by atoms with van der Waals surface area (Å²) in [4.78, 5) is 19.1.